The Morgan fingerprint density at radius 2 is 1.12 bits per heavy atom. The molecule has 3 nitrogen and oxygen atoms in total. The molecule has 0 radical (unpaired) electrons. The Kier molecular flexibility index (Phi) is 5.22. The average Bonchev–Trinajstić information content (AvgIpc) is 2.63. The zero-order chi connectivity index (χ0) is 18.0. The van der Waals surface area contributed by atoms with Gasteiger partial charge < -0.3 is 14.5 Å². The summed E-state index contributed by atoms with van der Waals surface area (Å²) in [5, 5.41) is 0. The van der Waals surface area contributed by atoms with Crippen LogP contribution in [-0.4, -0.2) is 26.2 Å². The van der Waals surface area contributed by atoms with Crippen LogP contribution in [0.25, 0.3) is 0 Å². The Bertz CT molecular complexity index is 671. The molecule has 0 saturated heterocycles. The van der Waals surface area contributed by atoms with Crippen molar-refractivity contribution in [3.8, 4) is 11.5 Å². The van der Waals surface area contributed by atoms with Gasteiger partial charge in [-0.2, -0.15) is 0 Å². The molecule has 0 spiro atoms. The molecule has 0 bridgehead atoms. The molecule has 134 valence electrons. The number of hydrogen-bond donors (Lipinski definition) is 0. The zero-order valence-corrected chi connectivity index (χ0v) is 16.2. The summed E-state index contributed by atoms with van der Waals surface area (Å²) >= 11 is 0. The highest BCUT2D eigenvalue weighted by molar-refractivity contribution is 5.63. The van der Waals surface area contributed by atoms with Crippen LogP contribution in [0.1, 0.15) is 51.7 Å². The molecular weight excluding hydrogens is 308 g/mol. The highest BCUT2D eigenvalue weighted by Crippen LogP contribution is 2.46. The summed E-state index contributed by atoms with van der Waals surface area (Å²) < 4.78 is 6.35. The van der Waals surface area contributed by atoms with Crippen LogP contribution >= 0.6 is 0 Å². The predicted octanol–water partition coefficient (Wildman–Crippen LogP) is 5.64. The second-order valence-electron chi connectivity index (χ2n) is 6.61. The van der Waals surface area contributed by atoms with E-state index in [0.29, 0.717) is 5.92 Å². The second-order valence-corrected chi connectivity index (χ2v) is 6.61. The first-order valence-corrected chi connectivity index (χ1v) is 9.58. The first-order chi connectivity index (χ1) is 12.1. The Balaban J connectivity index is 1.98. The van der Waals surface area contributed by atoms with E-state index in [1.807, 2.05) is 0 Å². The van der Waals surface area contributed by atoms with Gasteiger partial charge in [0.15, 0.2) is 0 Å². The Morgan fingerprint density at radius 3 is 1.48 bits per heavy atom. The van der Waals surface area contributed by atoms with E-state index >= 15 is 0 Å². The molecule has 0 atom stereocenters. The highest BCUT2D eigenvalue weighted by atomic mass is 16.5. The van der Waals surface area contributed by atoms with Crippen molar-refractivity contribution in [1.82, 2.24) is 0 Å². The maximum atomic E-state index is 6.35. The lowest BCUT2D eigenvalue weighted by molar-refractivity contribution is 0.449. The van der Waals surface area contributed by atoms with Crippen molar-refractivity contribution >= 4 is 11.4 Å². The smallest absolute Gasteiger partial charge is 0.133 e. The number of anilines is 2. The fourth-order valence-electron chi connectivity index (χ4n) is 3.80. The van der Waals surface area contributed by atoms with Crippen LogP contribution in [0, 0.1) is 0 Å². The molecule has 0 amide bonds. The van der Waals surface area contributed by atoms with Crippen LogP contribution in [0.5, 0.6) is 11.5 Å². The topological polar surface area (TPSA) is 15.7 Å². The number of rotatable bonds is 6. The standard InChI is InChI=1S/C22H30N2O/c1-6-23(7-2)17-10-12-19-16(5)20-13-11-18(24(8-3)9-4)15-22(20)25-21(19)14-17/h10-16H,6-9H2,1-5H3. The lowest BCUT2D eigenvalue weighted by Crippen LogP contribution is -2.22. The molecule has 0 fully saturated rings. The summed E-state index contributed by atoms with van der Waals surface area (Å²) in [6, 6.07) is 13.3. The van der Waals surface area contributed by atoms with E-state index in [0.717, 1.165) is 37.7 Å². The van der Waals surface area contributed by atoms with Gasteiger partial charge in [0.1, 0.15) is 11.5 Å². The number of fused-ring (bicyclic) bond motifs is 2. The molecule has 0 N–H and O–H groups in total. The van der Waals surface area contributed by atoms with Gasteiger partial charge in [-0.15, -0.1) is 0 Å². The quantitative estimate of drug-likeness (QED) is 0.678. The second kappa shape index (κ2) is 7.38. The van der Waals surface area contributed by atoms with Crippen LogP contribution < -0.4 is 14.5 Å². The third kappa shape index (κ3) is 3.20. The molecule has 3 rings (SSSR count). The van der Waals surface area contributed by atoms with Crippen molar-refractivity contribution in [2.24, 2.45) is 0 Å². The van der Waals surface area contributed by atoms with Crippen molar-refractivity contribution in [2.45, 2.75) is 40.5 Å². The zero-order valence-electron chi connectivity index (χ0n) is 16.2. The largest absolute Gasteiger partial charge is 0.457 e. The van der Waals surface area contributed by atoms with E-state index in [4.69, 9.17) is 4.74 Å². The molecule has 0 aliphatic carbocycles. The van der Waals surface area contributed by atoms with E-state index in [-0.39, 0.29) is 0 Å². The normalized spacial score (nSPS) is 13.0. The number of benzene rings is 2. The van der Waals surface area contributed by atoms with Gasteiger partial charge in [-0.1, -0.05) is 19.1 Å². The fraction of sp³-hybridized carbons (Fsp3) is 0.455. The van der Waals surface area contributed by atoms with Crippen LogP contribution in [-0.2, 0) is 0 Å². The SMILES string of the molecule is CCN(CC)c1ccc2c(c1)Oc1cc(N(CC)CC)ccc1C2C. The van der Waals surface area contributed by atoms with Crippen LogP contribution in [0.4, 0.5) is 11.4 Å². The van der Waals surface area contributed by atoms with E-state index in [9.17, 15) is 0 Å². The van der Waals surface area contributed by atoms with Gasteiger partial charge in [-0.05, 0) is 39.8 Å². The van der Waals surface area contributed by atoms with Gasteiger partial charge in [-0.3, -0.25) is 0 Å². The molecule has 25 heavy (non-hydrogen) atoms. The van der Waals surface area contributed by atoms with E-state index in [1.165, 1.54) is 22.5 Å². The molecule has 1 aliphatic rings. The minimum Gasteiger partial charge on any atom is -0.457 e. The minimum atomic E-state index is 0.357. The summed E-state index contributed by atoms with van der Waals surface area (Å²) in [5.41, 5.74) is 5.02. The van der Waals surface area contributed by atoms with Gasteiger partial charge in [0.2, 0.25) is 0 Å². The van der Waals surface area contributed by atoms with Crippen molar-refractivity contribution in [3.63, 3.8) is 0 Å². The third-order valence-electron chi connectivity index (χ3n) is 5.40. The molecule has 1 aliphatic heterocycles. The van der Waals surface area contributed by atoms with Gasteiger partial charge in [0.25, 0.3) is 0 Å². The summed E-state index contributed by atoms with van der Waals surface area (Å²) in [5.74, 6) is 2.36. The lowest BCUT2D eigenvalue weighted by Gasteiger charge is -2.30. The molecule has 2 aromatic rings. The molecule has 2 aromatic carbocycles. The van der Waals surface area contributed by atoms with E-state index in [1.54, 1.807) is 0 Å². The van der Waals surface area contributed by atoms with Crippen LogP contribution in [0.2, 0.25) is 0 Å². The number of nitrogens with zero attached hydrogens (tertiary/aromatic N) is 2. The molecule has 0 saturated carbocycles. The lowest BCUT2D eigenvalue weighted by atomic mass is 9.89. The summed E-state index contributed by atoms with van der Waals surface area (Å²) in [4.78, 5) is 4.71. The summed E-state index contributed by atoms with van der Waals surface area (Å²) in [7, 11) is 0. The van der Waals surface area contributed by atoms with Crippen molar-refractivity contribution in [1.29, 1.82) is 0 Å². The fourth-order valence-corrected chi connectivity index (χ4v) is 3.80. The van der Waals surface area contributed by atoms with Gasteiger partial charge in [-0.25, -0.2) is 0 Å². The van der Waals surface area contributed by atoms with Gasteiger partial charge in [0, 0.05) is 66.7 Å². The number of ether oxygens (including phenoxy) is 1. The maximum Gasteiger partial charge on any atom is 0.133 e. The minimum absolute atomic E-state index is 0.357. The summed E-state index contributed by atoms with van der Waals surface area (Å²) in [6.45, 7) is 15.1. The van der Waals surface area contributed by atoms with Gasteiger partial charge in [0.05, 0.1) is 0 Å². The Labute approximate surface area is 152 Å². The molecular formula is C22H30N2O. The van der Waals surface area contributed by atoms with E-state index in [2.05, 4.69) is 80.8 Å². The molecule has 0 unspecified atom stereocenters. The molecule has 3 heteroatoms. The highest BCUT2D eigenvalue weighted by Gasteiger charge is 2.25. The predicted molar refractivity (Wildman–Crippen MR) is 108 cm³/mol. The average molecular weight is 338 g/mol. The Morgan fingerprint density at radius 1 is 0.720 bits per heavy atom. The first kappa shape index (κ1) is 17.7. The van der Waals surface area contributed by atoms with Crippen molar-refractivity contribution in [2.75, 3.05) is 36.0 Å². The molecule has 1 heterocycles. The first-order valence-electron chi connectivity index (χ1n) is 9.58. The van der Waals surface area contributed by atoms with E-state index < -0.39 is 0 Å². The summed E-state index contributed by atoms with van der Waals surface area (Å²) in [6.07, 6.45) is 0. The monoisotopic (exact) mass is 338 g/mol. The number of hydrogen-bond acceptors (Lipinski definition) is 3. The van der Waals surface area contributed by atoms with Crippen molar-refractivity contribution < 1.29 is 4.74 Å². The van der Waals surface area contributed by atoms with Crippen molar-refractivity contribution in [3.05, 3.63) is 47.5 Å². The van der Waals surface area contributed by atoms with Crippen LogP contribution in [0.15, 0.2) is 36.4 Å². The van der Waals surface area contributed by atoms with Crippen LogP contribution in [0.3, 0.4) is 0 Å². The maximum absolute atomic E-state index is 6.35. The molecule has 0 aromatic heterocycles. The third-order valence-corrected chi connectivity index (χ3v) is 5.40. The Hall–Kier alpha value is -2.16. The van der Waals surface area contributed by atoms with Gasteiger partial charge >= 0.3 is 0 Å².